The second-order valence-corrected chi connectivity index (χ2v) is 35.2. The minimum absolute atomic E-state index is 0.175. The Bertz CT molecular complexity index is 5200. The number of aryl methyl sites for hydroxylation is 6. The number of hydrogen-bond donors (Lipinski definition) is 6. The molecular weight excluding hydrogens is 1410 g/mol. The highest BCUT2D eigenvalue weighted by molar-refractivity contribution is 6.03. The van der Waals surface area contributed by atoms with Crippen molar-refractivity contribution in [2.24, 2.45) is 34.0 Å². The Morgan fingerprint density at radius 1 is 0.360 bits per heavy atom. The number of ether oxygens (including phenoxy) is 3. The van der Waals surface area contributed by atoms with E-state index in [1.807, 2.05) is 77.9 Å². The number of rotatable bonds is 12. The molecule has 9 heterocycles. The highest BCUT2D eigenvalue weighted by Gasteiger charge is 2.59. The zero-order valence-corrected chi connectivity index (χ0v) is 63.9. The third-order valence-electron chi connectivity index (χ3n) is 28.2. The van der Waals surface area contributed by atoms with Crippen LogP contribution in [0.3, 0.4) is 0 Å². The largest absolute Gasteiger partial charge is 0.481 e. The number of carbonyl (C=O) groups is 3. The van der Waals surface area contributed by atoms with Gasteiger partial charge in [-0.3, -0.25) is 29.7 Å². The average Bonchev–Trinajstić information content (AvgIpc) is 1.60. The quantitative estimate of drug-likeness (QED) is 0.0669. The molecule has 21 rings (SSSR count). The van der Waals surface area contributed by atoms with Gasteiger partial charge in [0.2, 0.25) is 0 Å². The van der Waals surface area contributed by atoms with Crippen molar-refractivity contribution >= 4 is 83.3 Å². The van der Waals surface area contributed by atoms with Gasteiger partial charge in [-0.1, -0.05) is 0 Å². The normalized spacial score (nSPS) is 26.0. The number of nitrogens with zero attached hydrogens (tertiary/aromatic N) is 6. The van der Waals surface area contributed by atoms with Crippen LogP contribution in [0, 0.1) is 93.0 Å². The third kappa shape index (κ3) is 12.0. The number of fused-ring (bicyclic) bond motifs is 6. The minimum atomic E-state index is -0.656. The van der Waals surface area contributed by atoms with E-state index in [4.69, 9.17) is 14.2 Å². The first-order valence-electron chi connectivity index (χ1n) is 40.3. The molecule has 111 heavy (non-hydrogen) atoms. The maximum absolute atomic E-state index is 14.3. The molecule has 6 saturated carbocycles. The topological polar surface area (TPSA) is 240 Å². The fourth-order valence-corrected chi connectivity index (χ4v) is 22.5. The Labute approximate surface area is 640 Å². The lowest BCUT2D eigenvalue weighted by atomic mass is 9.47. The molecule has 0 radical (unpaired) electrons. The van der Waals surface area contributed by atoms with E-state index in [0.717, 1.165) is 239 Å². The number of aliphatic carboxylic acids is 3. The lowest BCUT2D eigenvalue weighted by Crippen LogP contribution is -2.49. The number of carboxylic acids is 3. The van der Waals surface area contributed by atoms with E-state index in [1.165, 1.54) is 49.9 Å². The van der Waals surface area contributed by atoms with Gasteiger partial charge in [0, 0.05) is 141 Å². The molecule has 0 atom stereocenters. The molecule has 3 aliphatic heterocycles. The highest BCUT2D eigenvalue weighted by Crippen LogP contribution is 2.69. The summed E-state index contributed by atoms with van der Waals surface area (Å²) in [6.07, 6.45) is 16.7. The van der Waals surface area contributed by atoms with Crippen molar-refractivity contribution in [3.05, 3.63) is 176 Å². The number of H-pyrrole nitrogens is 3. The molecule has 0 unspecified atom stereocenters. The summed E-state index contributed by atoms with van der Waals surface area (Å²) in [6.45, 7) is 16.0. The third-order valence-corrected chi connectivity index (χ3v) is 28.2. The van der Waals surface area contributed by atoms with Crippen LogP contribution in [0.5, 0.6) is 0 Å². The van der Waals surface area contributed by atoms with Gasteiger partial charge in [0.25, 0.3) is 0 Å². The lowest BCUT2D eigenvalue weighted by Gasteiger charge is -2.57. The first kappa shape index (κ1) is 71.7. The van der Waals surface area contributed by atoms with Gasteiger partial charge in [0.1, 0.15) is 17.5 Å². The number of aromatic amines is 3. The molecule has 12 aromatic rings. The second kappa shape index (κ2) is 27.1. The SMILES string of the molecule is Cc1cc(-n2c(C3CCOCC3)c(C3CC4(CC(C(=O)O)C4)C3)c3cc4n[nH]c(C)c4cc32)ccc1F.Cc1cc(-n2c(C3CCOCC3)c(C3CC4(CC(C(=O)O)C4)C3)c3cc4n[nH]c(C)c4cc32)ccc1F.Cc1cc(-n2c(C3CCOCC3)c(C3CC4(CC(C(=O)O)C4)C3)c3cc4n[nH]c(C)c4cc32)ccc1F. The van der Waals surface area contributed by atoms with Crippen molar-refractivity contribution in [3.8, 4) is 17.1 Å². The number of benzene rings is 6. The number of halogens is 3. The zero-order valence-electron chi connectivity index (χ0n) is 63.9. The summed E-state index contributed by atoms with van der Waals surface area (Å²) in [4.78, 5) is 34.4. The maximum Gasteiger partial charge on any atom is 0.306 e. The van der Waals surface area contributed by atoms with Gasteiger partial charge >= 0.3 is 17.9 Å². The Kier molecular flexibility index (Phi) is 17.5. The van der Waals surface area contributed by atoms with E-state index in [9.17, 15) is 42.9 Å². The molecule has 3 saturated heterocycles. The smallest absolute Gasteiger partial charge is 0.306 e. The van der Waals surface area contributed by atoms with Crippen molar-refractivity contribution in [1.29, 1.82) is 0 Å². The van der Waals surface area contributed by atoms with Gasteiger partial charge in [-0.05, 0) is 315 Å². The number of hydrogen-bond acceptors (Lipinski definition) is 9. The monoisotopic (exact) mass is 1500 g/mol. The average molecular weight is 1500 g/mol. The van der Waals surface area contributed by atoms with Crippen molar-refractivity contribution in [1.82, 2.24) is 44.3 Å². The molecule has 6 aromatic heterocycles. The van der Waals surface area contributed by atoms with Gasteiger partial charge in [-0.15, -0.1) is 0 Å². The van der Waals surface area contributed by atoms with Gasteiger partial charge in [-0.25, -0.2) is 13.2 Å². The first-order chi connectivity index (χ1) is 53.5. The van der Waals surface area contributed by atoms with Crippen molar-refractivity contribution in [2.45, 2.75) is 193 Å². The van der Waals surface area contributed by atoms with Crippen LogP contribution in [0.1, 0.15) is 219 Å². The number of nitrogens with one attached hydrogen (secondary N) is 3. The molecule has 9 fully saturated rings. The van der Waals surface area contributed by atoms with E-state index in [-0.39, 0.29) is 51.5 Å². The van der Waals surface area contributed by atoms with E-state index in [1.54, 1.807) is 18.2 Å². The summed E-state index contributed by atoms with van der Waals surface area (Å²) in [5, 5.41) is 58.4. The maximum atomic E-state index is 14.3. The molecular formula is C90H96F3N9O9. The van der Waals surface area contributed by atoms with Crippen LogP contribution in [0.2, 0.25) is 0 Å². The van der Waals surface area contributed by atoms with Crippen LogP contribution >= 0.6 is 0 Å². The van der Waals surface area contributed by atoms with Crippen LogP contribution < -0.4 is 0 Å². The first-order valence-corrected chi connectivity index (χ1v) is 40.3. The standard InChI is InChI=1S/3C30H32FN3O3/c3*1-16-9-21(3-4-24(16)31)34-26-11-22-17(2)32-33-25(22)10-23(26)27(28(34)18-5-7-37-8-6-18)19-12-30(13-19)14-20(15-30)29(35)36/h3*3-4,9-11,18-20H,5-8,12-15H2,1-2H3,(H,32,33)(H,35,36). The highest BCUT2D eigenvalue weighted by atomic mass is 19.1. The summed E-state index contributed by atoms with van der Waals surface area (Å²) >= 11 is 0. The Morgan fingerprint density at radius 3 is 0.847 bits per heavy atom. The molecule has 0 bridgehead atoms. The van der Waals surface area contributed by atoms with E-state index in [0.29, 0.717) is 52.2 Å². The van der Waals surface area contributed by atoms with Crippen molar-refractivity contribution in [3.63, 3.8) is 0 Å². The summed E-state index contributed by atoms with van der Waals surface area (Å²) in [6, 6.07) is 29.7. The summed E-state index contributed by atoms with van der Waals surface area (Å²) < 4.78 is 67.4. The van der Waals surface area contributed by atoms with E-state index >= 15 is 0 Å². The second-order valence-electron chi connectivity index (χ2n) is 35.2. The van der Waals surface area contributed by atoms with Crippen molar-refractivity contribution in [2.75, 3.05) is 39.6 Å². The van der Waals surface area contributed by atoms with Crippen LogP contribution in [-0.2, 0) is 28.6 Å². The molecule has 6 aliphatic carbocycles. The van der Waals surface area contributed by atoms with Crippen LogP contribution in [0.4, 0.5) is 13.2 Å². The fourth-order valence-electron chi connectivity index (χ4n) is 22.5. The molecule has 6 aromatic carbocycles. The van der Waals surface area contributed by atoms with Crippen LogP contribution in [-0.4, -0.2) is 117 Å². The summed E-state index contributed by atoms with van der Waals surface area (Å²) in [5.41, 5.74) is 22.9. The van der Waals surface area contributed by atoms with Gasteiger partial charge in [0.05, 0.1) is 50.9 Å². The molecule has 0 amide bonds. The molecule has 576 valence electrons. The summed E-state index contributed by atoms with van der Waals surface area (Å²) in [5.74, 6) is -0.919. The Balaban J connectivity index is 0.000000112. The summed E-state index contributed by atoms with van der Waals surface area (Å²) in [7, 11) is 0. The van der Waals surface area contributed by atoms with E-state index in [2.05, 4.69) is 80.7 Å². The predicted molar refractivity (Wildman–Crippen MR) is 420 cm³/mol. The molecule has 9 aliphatic rings. The molecule has 21 heteroatoms. The van der Waals surface area contributed by atoms with Gasteiger partial charge < -0.3 is 43.2 Å². The van der Waals surface area contributed by atoms with Crippen molar-refractivity contribution < 1.29 is 57.1 Å². The Hall–Kier alpha value is -9.57. The molecule has 18 nitrogen and oxygen atoms in total. The van der Waals surface area contributed by atoms with Crippen LogP contribution in [0.25, 0.3) is 82.5 Å². The predicted octanol–water partition coefficient (Wildman–Crippen LogP) is 19.5. The van der Waals surface area contributed by atoms with Gasteiger partial charge in [0.15, 0.2) is 0 Å². The number of carboxylic acid groups (broad SMARTS) is 3. The molecule has 3 spiro atoms. The van der Waals surface area contributed by atoms with Crippen LogP contribution in [0.15, 0.2) is 91.0 Å². The minimum Gasteiger partial charge on any atom is -0.481 e. The lowest BCUT2D eigenvalue weighted by molar-refractivity contribution is -0.156. The van der Waals surface area contributed by atoms with Gasteiger partial charge in [-0.2, -0.15) is 15.3 Å². The molecule has 6 N–H and O–H groups in total. The zero-order chi connectivity index (χ0) is 76.4. The van der Waals surface area contributed by atoms with E-state index < -0.39 is 17.9 Å². The fraction of sp³-hybridized carbons (Fsp3) is 0.467. The Morgan fingerprint density at radius 2 is 0.613 bits per heavy atom. The number of aromatic nitrogens is 9.